The van der Waals surface area contributed by atoms with Gasteiger partial charge >= 0.3 is 5.97 Å². The molecule has 1 unspecified atom stereocenters. The predicted molar refractivity (Wildman–Crippen MR) is 344 cm³/mol. The molecule has 7 rings (SSSR count). The van der Waals surface area contributed by atoms with E-state index in [2.05, 4.69) is 115 Å². The zero-order chi connectivity index (χ0) is 62.7. The number of aliphatic hydroxyl groups is 5. The summed E-state index contributed by atoms with van der Waals surface area (Å²) in [6.07, 6.45) is 0.0595. The first-order chi connectivity index (χ1) is 40.8. The molecule has 4 aromatic carbocycles. The van der Waals surface area contributed by atoms with Gasteiger partial charge in [0.2, 0.25) is 5.91 Å². The Balaban J connectivity index is 1.09. The first-order valence-electron chi connectivity index (χ1n) is 32.1. The third-order valence-electron chi connectivity index (χ3n) is 19.8. The van der Waals surface area contributed by atoms with Gasteiger partial charge in [-0.1, -0.05) is 138 Å². The van der Waals surface area contributed by atoms with Gasteiger partial charge in [-0.2, -0.15) is 0 Å². The van der Waals surface area contributed by atoms with Gasteiger partial charge in [0.05, 0.1) is 53.7 Å². The summed E-state index contributed by atoms with van der Waals surface area (Å²) in [6.45, 7) is 17.9. The molecular weight excluding hydrogens is 1100 g/mol. The van der Waals surface area contributed by atoms with Crippen LogP contribution in [-0.2, 0) is 33.3 Å². The molecule has 0 aromatic heterocycles. The van der Waals surface area contributed by atoms with Gasteiger partial charge in [0, 0.05) is 44.0 Å². The summed E-state index contributed by atoms with van der Waals surface area (Å²) in [7, 11) is 3.23. The van der Waals surface area contributed by atoms with E-state index >= 15 is 0 Å². The number of aliphatic hydroxyl groups excluding tert-OH is 3. The molecule has 3 heterocycles. The third-order valence-corrected chi connectivity index (χ3v) is 24.3. The van der Waals surface area contributed by atoms with E-state index in [1.54, 1.807) is 39.5 Å². The minimum absolute atomic E-state index is 0.0966. The number of amides is 1. The van der Waals surface area contributed by atoms with Crippen molar-refractivity contribution in [2.75, 3.05) is 33.9 Å². The highest BCUT2D eigenvalue weighted by Crippen LogP contribution is 2.58. The quantitative estimate of drug-likeness (QED) is 0.0320. The van der Waals surface area contributed by atoms with Crippen LogP contribution < -0.4 is 15.9 Å². The van der Waals surface area contributed by atoms with Crippen LogP contribution in [0.4, 0.5) is 0 Å². The Kier molecular flexibility index (Phi) is 24.6. The van der Waals surface area contributed by atoms with Gasteiger partial charge in [-0.05, 0) is 142 Å². The summed E-state index contributed by atoms with van der Waals surface area (Å²) in [5, 5.41) is 65.4. The molecule has 4 aromatic rings. The van der Waals surface area contributed by atoms with Gasteiger partial charge in [-0.3, -0.25) is 9.59 Å². The smallest absolute Gasteiger partial charge is 0.309 e. The first-order valence-corrected chi connectivity index (χ1v) is 34.1. The summed E-state index contributed by atoms with van der Waals surface area (Å²) >= 11 is 0. The van der Waals surface area contributed by atoms with E-state index in [0.29, 0.717) is 12.8 Å². The van der Waals surface area contributed by atoms with Crippen LogP contribution in [0.15, 0.2) is 115 Å². The fourth-order valence-electron chi connectivity index (χ4n) is 14.9. The Bertz CT molecular complexity index is 2680. The van der Waals surface area contributed by atoms with E-state index < -0.39 is 109 Å². The van der Waals surface area contributed by atoms with Crippen LogP contribution >= 0.6 is 7.26 Å². The Morgan fingerprint density at radius 3 is 1.87 bits per heavy atom. The molecule has 0 radical (unpaired) electrons. The number of hydrogen-bond donors (Lipinski definition) is 5. The van der Waals surface area contributed by atoms with Crippen LogP contribution in [0.1, 0.15) is 146 Å². The second-order valence-corrected chi connectivity index (χ2v) is 30.3. The van der Waals surface area contributed by atoms with Crippen LogP contribution in [0.25, 0.3) is 11.1 Å². The molecule has 476 valence electrons. The Morgan fingerprint density at radius 2 is 1.29 bits per heavy atom. The van der Waals surface area contributed by atoms with E-state index in [0.717, 1.165) is 44.7 Å². The number of carbonyl (C=O) groups is 2. The average molecular weight is 1210 g/mol. The maximum atomic E-state index is 14.9. The fourth-order valence-corrected chi connectivity index (χ4v) is 19.5. The fraction of sp³-hybridized carbons (Fsp3) is 0.634. The number of benzene rings is 4. The SMILES string of the molecule is CC[C@H]1OC(=O)[C@H](C)[C@@H](C2C[C@@](C)(OC)[C@@H](O)[C@H](C)O2)[C@H](C)[C@@H](O[C@@H]2O[C@H](C)C[C@H](N(C)C)[C@H]2O)[C@](C)(O)C[C@@H](C)CN(C(=O)CCCCCCCCC[P+](c2ccccc2)(c2ccccc2)c2ccccc2-c2ccccc2)[C@H](C)[C@@H](O)[C@]1(C)O. The molecular formula is C71H106N2O12P+. The molecule has 3 saturated heterocycles. The van der Waals surface area contributed by atoms with Crippen molar-refractivity contribution in [3.05, 3.63) is 115 Å². The number of esters is 1. The van der Waals surface area contributed by atoms with Crippen molar-refractivity contribution in [2.24, 2.45) is 23.7 Å². The van der Waals surface area contributed by atoms with E-state index in [-0.39, 0.29) is 50.3 Å². The van der Waals surface area contributed by atoms with Crippen molar-refractivity contribution in [3.63, 3.8) is 0 Å². The highest BCUT2D eigenvalue weighted by Gasteiger charge is 2.56. The molecule has 14 nitrogen and oxygen atoms in total. The van der Waals surface area contributed by atoms with Crippen LogP contribution in [0, 0.1) is 23.7 Å². The Labute approximate surface area is 515 Å². The highest BCUT2D eigenvalue weighted by molar-refractivity contribution is 7.95. The molecule has 18 atom stereocenters. The van der Waals surface area contributed by atoms with Gasteiger partial charge in [0.1, 0.15) is 53.2 Å². The summed E-state index contributed by atoms with van der Waals surface area (Å²) in [6, 6.07) is 40.6. The Hall–Kier alpha value is -4.15. The summed E-state index contributed by atoms with van der Waals surface area (Å²) in [5.74, 6) is -3.68. The topological polar surface area (TPSA) is 188 Å². The molecule has 0 saturated carbocycles. The number of methoxy groups -OCH3 is 1. The lowest BCUT2D eigenvalue weighted by atomic mass is 9.68. The van der Waals surface area contributed by atoms with E-state index in [1.807, 2.05) is 46.7 Å². The summed E-state index contributed by atoms with van der Waals surface area (Å²) in [5.41, 5.74) is -2.26. The molecule has 3 fully saturated rings. The maximum Gasteiger partial charge on any atom is 0.309 e. The minimum atomic E-state index is -2.10. The molecule has 5 N–H and O–H groups in total. The van der Waals surface area contributed by atoms with Gasteiger partial charge in [-0.15, -0.1) is 0 Å². The molecule has 0 bridgehead atoms. The van der Waals surface area contributed by atoms with Crippen molar-refractivity contribution in [1.82, 2.24) is 9.80 Å². The second kappa shape index (κ2) is 30.6. The number of ether oxygens (including phenoxy) is 5. The molecule has 3 aliphatic heterocycles. The van der Waals surface area contributed by atoms with E-state index in [9.17, 15) is 35.1 Å². The lowest BCUT2D eigenvalue weighted by Crippen LogP contribution is -2.61. The number of likely N-dealkylation sites (N-methyl/N-ethyl adjacent to an activating group) is 1. The van der Waals surface area contributed by atoms with Gasteiger partial charge < -0.3 is 59.0 Å². The van der Waals surface area contributed by atoms with Crippen molar-refractivity contribution in [1.29, 1.82) is 0 Å². The Morgan fingerprint density at radius 1 is 0.733 bits per heavy atom. The minimum Gasteiger partial charge on any atom is -0.459 e. The van der Waals surface area contributed by atoms with E-state index in [4.69, 9.17) is 23.7 Å². The molecule has 15 heteroatoms. The molecule has 1 amide bonds. The van der Waals surface area contributed by atoms with Crippen molar-refractivity contribution in [3.8, 4) is 11.1 Å². The van der Waals surface area contributed by atoms with Crippen molar-refractivity contribution >= 4 is 35.1 Å². The van der Waals surface area contributed by atoms with Gasteiger partial charge in [0.15, 0.2) is 6.29 Å². The molecule has 86 heavy (non-hydrogen) atoms. The summed E-state index contributed by atoms with van der Waals surface area (Å²) < 4.78 is 32.3. The predicted octanol–water partition coefficient (Wildman–Crippen LogP) is 9.85. The average Bonchev–Trinajstić information content (AvgIpc) is 0.963. The number of carbonyl (C=O) groups excluding carboxylic acids is 2. The van der Waals surface area contributed by atoms with E-state index in [1.165, 1.54) is 41.1 Å². The highest BCUT2D eigenvalue weighted by atomic mass is 31.2. The maximum absolute atomic E-state index is 14.9. The van der Waals surface area contributed by atoms with Gasteiger partial charge in [0.25, 0.3) is 0 Å². The van der Waals surface area contributed by atoms with Crippen LogP contribution in [0.5, 0.6) is 0 Å². The van der Waals surface area contributed by atoms with Crippen LogP contribution in [0.3, 0.4) is 0 Å². The third kappa shape index (κ3) is 15.9. The van der Waals surface area contributed by atoms with Crippen LogP contribution in [0.2, 0.25) is 0 Å². The number of cyclic esters (lactones) is 1. The standard InChI is InChI=1S/C71H106N2O12P/c1-14-60-71(10,80)64(76)51(6)73(61(74)41-29-18-16-15-17-19-32-42-86(54-35-25-21-26-36-54,55-37-27-22-28-38-55)59-40-31-30-39-56(59)53-33-23-20-24-34-53)46-47(2)44-69(8,79)66(85-68-63(75)57(72(11)12)43-48(3)82-68)49(4)62(50(5)67(78)84-60)58-45-70(9,81-13)65(77)52(7)83-58/h20-28,30-31,33-40,47-52,57-58,60,62-66,68,75-77,79-80H,14-19,29,32,41-46H2,1-13H3/q+1/t47-,48-,49+,50-,51-,52+,57+,58?,60-,62+,63-,64-,65+,66-,68+,69-,70-,71-/m1/s1. The first kappa shape index (κ1) is 69.3. The zero-order valence-electron chi connectivity index (χ0n) is 54.0. The number of nitrogens with zero attached hydrogens (tertiary/aromatic N) is 2. The summed E-state index contributed by atoms with van der Waals surface area (Å²) in [4.78, 5) is 33.3. The van der Waals surface area contributed by atoms with Gasteiger partial charge in [-0.25, -0.2) is 0 Å². The number of hydrogen-bond acceptors (Lipinski definition) is 13. The van der Waals surface area contributed by atoms with Crippen molar-refractivity contribution in [2.45, 2.75) is 230 Å². The monoisotopic (exact) mass is 1210 g/mol. The molecule has 3 aliphatic rings. The number of unbranched alkanes of at least 4 members (excludes halogenated alkanes) is 6. The van der Waals surface area contributed by atoms with Crippen molar-refractivity contribution < 1.29 is 58.8 Å². The number of rotatable bonds is 20. The molecule has 0 spiro atoms. The lowest BCUT2D eigenvalue weighted by molar-refractivity contribution is -0.302. The second-order valence-electron chi connectivity index (χ2n) is 26.7. The molecule has 0 aliphatic carbocycles. The largest absolute Gasteiger partial charge is 0.459 e. The van der Waals surface area contributed by atoms with Crippen LogP contribution in [-0.4, -0.2) is 165 Å². The lowest BCUT2D eigenvalue weighted by Gasteiger charge is -2.51. The zero-order valence-corrected chi connectivity index (χ0v) is 54.9. The normalized spacial score (nSPS) is 34.5.